The van der Waals surface area contributed by atoms with Crippen LogP contribution in [0.2, 0.25) is 0 Å². The molecule has 1 saturated heterocycles. The number of methoxy groups -OCH3 is 1. The maximum Gasteiger partial charge on any atom is 0.165 e. The van der Waals surface area contributed by atoms with Gasteiger partial charge in [0.05, 0.1) is 19.8 Å². The van der Waals surface area contributed by atoms with Gasteiger partial charge in [0.25, 0.3) is 0 Å². The second kappa shape index (κ2) is 3.34. The van der Waals surface area contributed by atoms with Gasteiger partial charge in [-0.15, -0.1) is 0 Å². The van der Waals surface area contributed by atoms with Gasteiger partial charge in [-0.2, -0.15) is 0 Å². The van der Waals surface area contributed by atoms with Gasteiger partial charge in [0.1, 0.15) is 0 Å². The fourth-order valence-electron chi connectivity index (χ4n) is 1.38. The molecule has 1 aromatic rings. The fraction of sp³-hybridized carbons (Fsp3) is 0.400. The van der Waals surface area contributed by atoms with Crippen LogP contribution in [0.25, 0.3) is 0 Å². The van der Waals surface area contributed by atoms with E-state index in [4.69, 9.17) is 9.47 Å². The zero-order valence-electron chi connectivity index (χ0n) is 7.42. The molecule has 0 amide bonds. The Kier molecular flexibility index (Phi) is 2.19. The first-order valence-corrected chi connectivity index (χ1v) is 4.26. The maximum atomic E-state index is 13.2. The van der Waals surface area contributed by atoms with Gasteiger partial charge in [-0.1, -0.05) is 6.07 Å². The average Bonchev–Trinajstić information content (AvgIpc) is 2.01. The van der Waals surface area contributed by atoms with Crippen LogP contribution in [0.15, 0.2) is 18.2 Å². The van der Waals surface area contributed by atoms with Crippen molar-refractivity contribution >= 4 is 0 Å². The molecule has 0 aromatic heterocycles. The van der Waals surface area contributed by atoms with Crippen LogP contribution in [0, 0.1) is 5.82 Å². The number of benzene rings is 1. The van der Waals surface area contributed by atoms with E-state index in [9.17, 15) is 4.39 Å². The Morgan fingerprint density at radius 2 is 2.31 bits per heavy atom. The molecule has 0 bridgehead atoms. The predicted octanol–water partition coefficient (Wildman–Crippen LogP) is 2.30. The smallest absolute Gasteiger partial charge is 0.165 e. The molecule has 0 radical (unpaired) electrons. The van der Waals surface area contributed by atoms with Crippen molar-refractivity contribution in [2.24, 2.45) is 0 Å². The molecule has 0 N–H and O–H groups in total. The Balaban J connectivity index is 2.24. The van der Waals surface area contributed by atoms with Crippen LogP contribution in [0.4, 0.5) is 4.39 Å². The lowest BCUT2D eigenvalue weighted by Gasteiger charge is -2.26. The number of rotatable bonds is 2. The highest BCUT2D eigenvalue weighted by atomic mass is 19.1. The van der Waals surface area contributed by atoms with Gasteiger partial charge in [0.15, 0.2) is 11.6 Å². The van der Waals surface area contributed by atoms with E-state index in [0.717, 1.165) is 18.6 Å². The summed E-state index contributed by atoms with van der Waals surface area (Å²) in [5, 5.41) is 0. The maximum absolute atomic E-state index is 13.2. The van der Waals surface area contributed by atoms with Crippen molar-refractivity contribution in [1.29, 1.82) is 0 Å². The number of hydrogen-bond donors (Lipinski definition) is 0. The van der Waals surface area contributed by atoms with Crippen molar-refractivity contribution in [3.8, 4) is 5.75 Å². The van der Waals surface area contributed by atoms with E-state index in [1.807, 2.05) is 6.07 Å². The topological polar surface area (TPSA) is 18.5 Å². The molecule has 0 spiro atoms. The summed E-state index contributed by atoms with van der Waals surface area (Å²) in [6.07, 6.45) is 1.06. The minimum atomic E-state index is -0.324. The Morgan fingerprint density at radius 1 is 1.54 bits per heavy atom. The largest absolute Gasteiger partial charge is 0.494 e. The molecule has 70 valence electrons. The Labute approximate surface area is 76.3 Å². The fourth-order valence-corrected chi connectivity index (χ4v) is 1.38. The minimum Gasteiger partial charge on any atom is -0.494 e. The summed E-state index contributed by atoms with van der Waals surface area (Å²) in [7, 11) is 1.46. The van der Waals surface area contributed by atoms with Crippen LogP contribution in [-0.2, 0) is 4.74 Å². The second-order valence-corrected chi connectivity index (χ2v) is 3.04. The van der Waals surface area contributed by atoms with Gasteiger partial charge in [0.2, 0.25) is 0 Å². The average molecular weight is 182 g/mol. The normalized spacial score (nSPS) is 20.9. The van der Waals surface area contributed by atoms with Gasteiger partial charge in [-0.3, -0.25) is 0 Å². The molecular formula is C10H11FO2. The first-order valence-electron chi connectivity index (χ1n) is 4.26. The van der Waals surface area contributed by atoms with Gasteiger partial charge < -0.3 is 9.47 Å². The van der Waals surface area contributed by atoms with Crippen molar-refractivity contribution in [2.45, 2.75) is 12.5 Å². The Morgan fingerprint density at radius 3 is 2.77 bits per heavy atom. The summed E-state index contributed by atoms with van der Waals surface area (Å²) in [6, 6.07) is 4.95. The van der Waals surface area contributed by atoms with E-state index in [2.05, 4.69) is 0 Å². The highest BCUT2D eigenvalue weighted by Crippen LogP contribution is 2.31. The van der Waals surface area contributed by atoms with Crippen molar-refractivity contribution in [2.75, 3.05) is 13.7 Å². The van der Waals surface area contributed by atoms with Crippen molar-refractivity contribution < 1.29 is 13.9 Å². The van der Waals surface area contributed by atoms with Crippen molar-refractivity contribution in [3.05, 3.63) is 29.6 Å². The number of halogens is 1. The highest BCUT2D eigenvalue weighted by Gasteiger charge is 2.21. The Hall–Kier alpha value is -1.09. The highest BCUT2D eigenvalue weighted by molar-refractivity contribution is 5.30. The van der Waals surface area contributed by atoms with Crippen LogP contribution in [-0.4, -0.2) is 13.7 Å². The standard InChI is InChI=1S/C10H11FO2/c1-12-10-3-2-7(6-8(10)11)9-4-5-13-9/h2-3,6,9H,4-5H2,1H3. The second-order valence-electron chi connectivity index (χ2n) is 3.04. The molecule has 1 atom stereocenters. The molecule has 1 aromatic carbocycles. The first kappa shape index (κ1) is 8.51. The monoisotopic (exact) mass is 182 g/mol. The molecule has 0 aliphatic carbocycles. The van der Waals surface area contributed by atoms with Gasteiger partial charge in [0, 0.05) is 6.42 Å². The minimum absolute atomic E-state index is 0.0837. The lowest BCUT2D eigenvalue weighted by Crippen LogP contribution is -2.18. The summed E-state index contributed by atoms with van der Waals surface area (Å²) in [6.45, 7) is 0.776. The first-order chi connectivity index (χ1) is 6.31. The van der Waals surface area contributed by atoms with E-state index in [-0.39, 0.29) is 17.7 Å². The molecule has 0 saturated carbocycles. The van der Waals surface area contributed by atoms with Crippen molar-refractivity contribution in [3.63, 3.8) is 0 Å². The van der Waals surface area contributed by atoms with E-state index < -0.39 is 0 Å². The third kappa shape index (κ3) is 1.52. The SMILES string of the molecule is COc1ccc(C2CCO2)cc1F. The van der Waals surface area contributed by atoms with Crippen LogP contribution in [0.5, 0.6) is 5.75 Å². The van der Waals surface area contributed by atoms with Crippen molar-refractivity contribution in [1.82, 2.24) is 0 Å². The number of hydrogen-bond acceptors (Lipinski definition) is 2. The lowest BCUT2D eigenvalue weighted by molar-refractivity contribution is -0.0528. The van der Waals surface area contributed by atoms with Crippen LogP contribution >= 0.6 is 0 Å². The summed E-state index contributed by atoms with van der Waals surface area (Å²) < 4.78 is 23.2. The lowest BCUT2D eigenvalue weighted by atomic mass is 10.0. The molecule has 3 heteroatoms. The zero-order chi connectivity index (χ0) is 9.26. The van der Waals surface area contributed by atoms with Crippen LogP contribution < -0.4 is 4.74 Å². The van der Waals surface area contributed by atoms with E-state index in [1.54, 1.807) is 6.07 Å². The molecule has 1 heterocycles. The molecular weight excluding hydrogens is 171 g/mol. The summed E-state index contributed by atoms with van der Waals surface area (Å²) in [5.41, 5.74) is 0.893. The summed E-state index contributed by atoms with van der Waals surface area (Å²) in [5.74, 6) is -0.0430. The zero-order valence-corrected chi connectivity index (χ0v) is 7.42. The summed E-state index contributed by atoms with van der Waals surface area (Å²) >= 11 is 0. The molecule has 1 fully saturated rings. The van der Waals surface area contributed by atoms with Crippen LogP contribution in [0.1, 0.15) is 18.1 Å². The van der Waals surface area contributed by atoms with Crippen LogP contribution in [0.3, 0.4) is 0 Å². The summed E-state index contributed by atoms with van der Waals surface area (Å²) in [4.78, 5) is 0. The molecule has 1 unspecified atom stereocenters. The quantitative estimate of drug-likeness (QED) is 0.698. The molecule has 1 aliphatic heterocycles. The van der Waals surface area contributed by atoms with Gasteiger partial charge >= 0.3 is 0 Å². The molecule has 13 heavy (non-hydrogen) atoms. The third-order valence-corrected chi connectivity index (χ3v) is 2.25. The molecule has 2 rings (SSSR count). The van der Waals surface area contributed by atoms with E-state index in [1.165, 1.54) is 13.2 Å². The van der Waals surface area contributed by atoms with Gasteiger partial charge in [-0.25, -0.2) is 4.39 Å². The van der Waals surface area contributed by atoms with E-state index in [0.29, 0.717) is 0 Å². The number of ether oxygens (including phenoxy) is 2. The predicted molar refractivity (Wildman–Crippen MR) is 46.3 cm³/mol. The van der Waals surface area contributed by atoms with E-state index >= 15 is 0 Å². The Bertz CT molecular complexity index is 308. The molecule has 1 aliphatic rings. The third-order valence-electron chi connectivity index (χ3n) is 2.25. The molecule has 2 nitrogen and oxygen atoms in total. The van der Waals surface area contributed by atoms with Gasteiger partial charge in [-0.05, 0) is 17.7 Å².